The summed E-state index contributed by atoms with van der Waals surface area (Å²) in [7, 11) is 2.17. The van der Waals surface area contributed by atoms with Crippen LogP contribution in [0, 0.1) is 6.92 Å². The summed E-state index contributed by atoms with van der Waals surface area (Å²) in [6.45, 7) is 17.1. The number of halogens is 1. The number of fused-ring (bicyclic) bond motifs is 2. The van der Waals surface area contributed by atoms with Crippen LogP contribution in [0.4, 0.5) is 11.5 Å². The minimum atomic E-state index is 0.701. The van der Waals surface area contributed by atoms with Crippen LogP contribution in [0.2, 0.25) is 0 Å². The van der Waals surface area contributed by atoms with Crippen molar-refractivity contribution in [3.8, 4) is 0 Å². The van der Waals surface area contributed by atoms with Crippen LogP contribution in [0.1, 0.15) is 42.4 Å². The lowest BCUT2D eigenvalue weighted by molar-refractivity contribution is 0.271. The Morgan fingerprint density at radius 3 is 2.24 bits per heavy atom. The maximum absolute atomic E-state index is 5.95. The third kappa shape index (κ3) is 7.91. The second-order valence-electron chi connectivity index (χ2n) is 11.1. The first kappa shape index (κ1) is 31.1. The Labute approximate surface area is 252 Å². The minimum Gasteiger partial charge on any atom is -0.405 e. The molecule has 8 heteroatoms. The zero-order valence-electron chi connectivity index (χ0n) is 25.3. The number of aryl methyl sites for hydroxylation is 2. The Morgan fingerprint density at radius 2 is 1.63 bits per heavy atom. The lowest BCUT2D eigenvalue weighted by Gasteiger charge is -2.38. The van der Waals surface area contributed by atoms with Gasteiger partial charge in [0.1, 0.15) is 11.6 Å². The molecule has 3 aliphatic heterocycles. The number of alkyl halides is 1. The molecule has 0 saturated carbocycles. The molecule has 222 valence electrons. The second kappa shape index (κ2) is 15.4. The normalized spacial score (nSPS) is 17.4. The van der Waals surface area contributed by atoms with Crippen LogP contribution in [-0.2, 0) is 19.4 Å². The molecule has 3 aliphatic rings. The number of nitrogens with two attached hydrogens (primary N) is 1. The van der Waals surface area contributed by atoms with Gasteiger partial charge < -0.3 is 20.4 Å². The number of benzene rings is 2. The Morgan fingerprint density at radius 1 is 0.951 bits per heavy atom. The van der Waals surface area contributed by atoms with Crippen molar-refractivity contribution in [3.05, 3.63) is 71.8 Å². The van der Waals surface area contributed by atoms with E-state index in [1.165, 1.54) is 71.2 Å². The topological polar surface area (TPSA) is 64.8 Å². The summed E-state index contributed by atoms with van der Waals surface area (Å²) < 4.78 is 0. The zero-order chi connectivity index (χ0) is 29.2. The molecule has 1 aromatic heterocycles. The average Bonchev–Trinajstić information content (AvgIpc) is 3.48. The van der Waals surface area contributed by atoms with Crippen LogP contribution < -0.4 is 15.5 Å². The first-order valence-electron chi connectivity index (χ1n) is 15.1. The molecule has 0 amide bonds. The smallest absolute Gasteiger partial charge is 0.136 e. The summed E-state index contributed by atoms with van der Waals surface area (Å²) in [6.07, 6.45) is 5.92. The van der Waals surface area contributed by atoms with Crippen molar-refractivity contribution < 1.29 is 0 Å². The third-order valence-corrected chi connectivity index (χ3v) is 8.41. The fourth-order valence-corrected chi connectivity index (χ4v) is 6.27. The van der Waals surface area contributed by atoms with Crippen LogP contribution >= 0.6 is 11.6 Å². The van der Waals surface area contributed by atoms with Gasteiger partial charge in [-0.1, -0.05) is 43.8 Å². The summed E-state index contributed by atoms with van der Waals surface area (Å²) in [5, 5.41) is 2.67. The molecule has 0 aliphatic carbocycles. The Kier molecular flexibility index (Phi) is 11.7. The number of piperazine rings is 1. The van der Waals surface area contributed by atoms with Crippen LogP contribution in [0.3, 0.4) is 0 Å². The predicted molar refractivity (Wildman–Crippen MR) is 175 cm³/mol. The highest BCUT2D eigenvalue weighted by atomic mass is 35.5. The van der Waals surface area contributed by atoms with Gasteiger partial charge in [-0.2, -0.15) is 0 Å². The van der Waals surface area contributed by atoms with Gasteiger partial charge in [0, 0.05) is 68.2 Å². The molecule has 0 atom stereocenters. The quantitative estimate of drug-likeness (QED) is 0.417. The molecule has 41 heavy (non-hydrogen) atoms. The van der Waals surface area contributed by atoms with E-state index in [4.69, 9.17) is 21.6 Å². The molecular formula is C33H48ClN7. The zero-order valence-corrected chi connectivity index (χ0v) is 26.0. The molecule has 0 bridgehead atoms. The van der Waals surface area contributed by atoms with E-state index >= 15 is 0 Å². The standard InChI is InChI=1S/C26H32ClN5.C5H11N.C2H5N/c1-3-24-28-22-18-32(23-9-5-8-20-7-4-6-19(2)25(20)23)12-10-21(22)26(29-24)31-16-14-30(13-11-27)15-17-31;1-6-4-2-3-5-6;1-2-3/h4-9H,3,10-18H2,1-2H3;2-5H2,1H3;2H,1,3H2. The molecule has 4 heterocycles. The summed E-state index contributed by atoms with van der Waals surface area (Å²) >= 11 is 5.95. The summed E-state index contributed by atoms with van der Waals surface area (Å²) in [5.41, 5.74) is 9.81. The van der Waals surface area contributed by atoms with E-state index in [9.17, 15) is 0 Å². The monoisotopic (exact) mass is 577 g/mol. The molecule has 2 N–H and O–H groups in total. The van der Waals surface area contributed by atoms with Crippen LogP contribution in [0.15, 0.2) is 49.2 Å². The molecule has 2 aromatic carbocycles. The highest BCUT2D eigenvalue weighted by Gasteiger charge is 2.27. The molecule has 7 nitrogen and oxygen atoms in total. The van der Waals surface area contributed by atoms with Crippen molar-refractivity contribution >= 4 is 33.9 Å². The first-order chi connectivity index (χ1) is 20.0. The van der Waals surface area contributed by atoms with Gasteiger partial charge in [0.2, 0.25) is 0 Å². The lowest BCUT2D eigenvalue weighted by Crippen LogP contribution is -2.48. The predicted octanol–water partition coefficient (Wildman–Crippen LogP) is 5.22. The largest absolute Gasteiger partial charge is 0.405 e. The molecule has 2 saturated heterocycles. The lowest BCUT2D eigenvalue weighted by atomic mass is 9.99. The van der Waals surface area contributed by atoms with E-state index in [2.05, 4.69) is 89.2 Å². The number of hydrogen-bond donors (Lipinski definition) is 1. The molecular weight excluding hydrogens is 530 g/mol. The summed E-state index contributed by atoms with van der Waals surface area (Å²) in [6, 6.07) is 13.2. The molecule has 6 rings (SSSR count). The van der Waals surface area contributed by atoms with E-state index in [1.54, 1.807) is 0 Å². The van der Waals surface area contributed by atoms with Gasteiger partial charge in [-0.15, -0.1) is 11.6 Å². The highest BCUT2D eigenvalue weighted by molar-refractivity contribution is 6.18. The van der Waals surface area contributed by atoms with Gasteiger partial charge in [-0.3, -0.25) is 4.90 Å². The molecule has 0 spiro atoms. The number of anilines is 2. The summed E-state index contributed by atoms with van der Waals surface area (Å²) in [5.74, 6) is 2.83. The maximum Gasteiger partial charge on any atom is 0.136 e. The fraction of sp³-hybridized carbons (Fsp3) is 0.515. The van der Waals surface area contributed by atoms with Crippen LogP contribution in [0.5, 0.6) is 0 Å². The number of nitrogens with zero attached hydrogens (tertiary/aromatic N) is 6. The Balaban J connectivity index is 0.000000372. The Bertz CT molecular complexity index is 1260. The SMILES string of the molecule is C=CN.CCc1nc2c(c(N3CCN(CCCl)CC3)n1)CCN(c1cccc3cccc(C)c13)C2.CN1CCCC1. The number of likely N-dealkylation sites (tertiary alicyclic amines) is 1. The van der Waals surface area contributed by atoms with E-state index in [1.807, 2.05) is 0 Å². The van der Waals surface area contributed by atoms with Gasteiger partial charge in [0.25, 0.3) is 0 Å². The van der Waals surface area contributed by atoms with E-state index in [0.29, 0.717) is 5.88 Å². The number of hydrogen-bond acceptors (Lipinski definition) is 7. The van der Waals surface area contributed by atoms with Crippen LogP contribution in [0.25, 0.3) is 10.8 Å². The van der Waals surface area contributed by atoms with Gasteiger partial charge in [0.15, 0.2) is 0 Å². The molecule has 3 aromatic rings. The fourth-order valence-electron chi connectivity index (χ4n) is 6.03. The maximum atomic E-state index is 5.95. The van der Waals surface area contributed by atoms with Crippen molar-refractivity contribution in [2.24, 2.45) is 5.73 Å². The second-order valence-corrected chi connectivity index (χ2v) is 11.5. The molecule has 0 radical (unpaired) electrons. The number of aromatic nitrogens is 2. The van der Waals surface area contributed by atoms with Crippen molar-refractivity contribution in [1.82, 2.24) is 19.8 Å². The van der Waals surface area contributed by atoms with Gasteiger partial charge >= 0.3 is 0 Å². The molecule has 0 unspecified atom stereocenters. The Hall–Kier alpha value is -2.87. The van der Waals surface area contributed by atoms with E-state index in [-0.39, 0.29) is 0 Å². The van der Waals surface area contributed by atoms with Crippen molar-refractivity contribution in [2.45, 2.75) is 46.1 Å². The van der Waals surface area contributed by atoms with Crippen molar-refractivity contribution in [3.63, 3.8) is 0 Å². The summed E-state index contributed by atoms with van der Waals surface area (Å²) in [4.78, 5) is 19.8. The van der Waals surface area contributed by atoms with E-state index in [0.717, 1.165) is 64.5 Å². The first-order valence-corrected chi connectivity index (χ1v) is 15.7. The van der Waals surface area contributed by atoms with Gasteiger partial charge in [-0.05, 0) is 69.5 Å². The van der Waals surface area contributed by atoms with Crippen molar-refractivity contribution in [1.29, 1.82) is 0 Å². The third-order valence-electron chi connectivity index (χ3n) is 8.24. The average molecular weight is 578 g/mol. The van der Waals surface area contributed by atoms with E-state index < -0.39 is 0 Å². The van der Waals surface area contributed by atoms with Crippen LogP contribution in [-0.4, -0.2) is 85.1 Å². The minimum absolute atomic E-state index is 0.701. The van der Waals surface area contributed by atoms with Crippen molar-refractivity contribution in [2.75, 3.05) is 75.1 Å². The number of rotatable bonds is 5. The molecule has 2 fully saturated rings. The van der Waals surface area contributed by atoms with Gasteiger partial charge in [-0.25, -0.2) is 9.97 Å². The highest BCUT2D eigenvalue weighted by Crippen LogP contribution is 2.34. The van der Waals surface area contributed by atoms with Gasteiger partial charge in [0.05, 0.1) is 12.2 Å².